The number of ether oxygens (including phenoxy) is 1. The summed E-state index contributed by atoms with van der Waals surface area (Å²) in [4.78, 5) is 16.6. The lowest BCUT2D eigenvalue weighted by Gasteiger charge is -2.08. The predicted octanol–water partition coefficient (Wildman–Crippen LogP) is 2.39. The van der Waals surface area contributed by atoms with Crippen molar-refractivity contribution in [2.24, 2.45) is 5.16 Å². The molecule has 0 radical (unpaired) electrons. The van der Waals surface area contributed by atoms with Gasteiger partial charge in [0, 0.05) is 5.56 Å². The van der Waals surface area contributed by atoms with Crippen LogP contribution >= 0.6 is 0 Å². The summed E-state index contributed by atoms with van der Waals surface area (Å²) in [6, 6.07) is 13.7. The van der Waals surface area contributed by atoms with Gasteiger partial charge in [-0.15, -0.1) is 0 Å². The van der Waals surface area contributed by atoms with E-state index in [-0.39, 0.29) is 18.3 Å². The molecule has 0 unspecified atom stereocenters. The lowest BCUT2D eigenvalue weighted by Crippen LogP contribution is -2.17. The third-order valence-corrected chi connectivity index (χ3v) is 2.78. The Morgan fingerprint density at radius 2 is 1.95 bits per heavy atom. The van der Waals surface area contributed by atoms with Crippen molar-refractivity contribution in [1.82, 2.24) is 0 Å². The lowest BCUT2D eigenvalue weighted by molar-refractivity contribution is -0.120. The van der Waals surface area contributed by atoms with E-state index in [9.17, 15) is 9.90 Å². The van der Waals surface area contributed by atoms with Gasteiger partial charge in [-0.05, 0) is 24.3 Å². The van der Waals surface area contributed by atoms with E-state index in [1.165, 1.54) is 19.4 Å². The molecule has 0 aromatic heterocycles. The van der Waals surface area contributed by atoms with E-state index in [0.717, 1.165) is 0 Å². The molecule has 2 aromatic carbocycles. The van der Waals surface area contributed by atoms with Crippen LogP contribution in [0.4, 0.5) is 5.69 Å². The van der Waals surface area contributed by atoms with Gasteiger partial charge >= 0.3 is 0 Å². The largest absolute Gasteiger partial charge is 0.507 e. The van der Waals surface area contributed by atoms with Crippen molar-refractivity contribution >= 4 is 17.8 Å². The summed E-state index contributed by atoms with van der Waals surface area (Å²) in [5, 5.41) is 15.8. The second-order valence-electron chi connectivity index (χ2n) is 4.32. The predicted molar refractivity (Wildman–Crippen MR) is 83.3 cm³/mol. The maximum absolute atomic E-state index is 11.7. The molecular weight excluding hydrogens is 284 g/mol. The number of hydrogen-bond donors (Lipinski definition) is 2. The monoisotopic (exact) mass is 300 g/mol. The summed E-state index contributed by atoms with van der Waals surface area (Å²) in [6.45, 7) is -0.248. The minimum absolute atomic E-state index is 0.0910. The number of oxime groups is 1. The summed E-state index contributed by atoms with van der Waals surface area (Å²) in [7, 11) is 1.53. The number of aromatic hydroxyl groups is 1. The fraction of sp³-hybridized carbons (Fsp3) is 0.125. The summed E-state index contributed by atoms with van der Waals surface area (Å²) < 4.78 is 5.13. The van der Waals surface area contributed by atoms with Crippen LogP contribution in [-0.4, -0.2) is 30.9 Å². The van der Waals surface area contributed by atoms with Crippen molar-refractivity contribution in [2.75, 3.05) is 19.0 Å². The Morgan fingerprint density at radius 3 is 2.73 bits per heavy atom. The van der Waals surface area contributed by atoms with Gasteiger partial charge in [-0.3, -0.25) is 4.79 Å². The molecule has 2 N–H and O–H groups in total. The standard InChI is InChI=1S/C16H16N2O4/c1-21-15-9-5-3-7-13(15)18-16(20)11-22-17-10-12-6-2-4-8-14(12)19/h2-10,19H,11H2,1H3,(H,18,20)/b17-10+. The first-order valence-electron chi connectivity index (χ1n) is 6.57. The fourth-order valence-corrected chi connectivity index (χ4v) is 1.72. The van der Waals surface area contributed by atoms with Crippen molar-refractivity contribution in [1.29, 1.82) is 0 Å². The van der Waals surface area contributed by atoms with Crippen molar-refractivity contribution in [2.45, 2.75) is 0 Å². The van der Waals surface area contributed by atoms with Crippen LogP contribution in [0, 0.1) is 0 Å². The number of anilines is 1. The van der Waals surface area contributed by atoms with Crippen LogP contribution in [0.3, 0.4) is 0 Å². The van der Waals surface area contributed by atoms with Gasteiger partial charge in [0.25, 0.3) is 5.91 Å². The normalized spacial score (nSPS) is 10.4. The SMILES string of the molecule is COc1ccccc1NC(=O)CO/N=C/c1ccccc1O. The number of benzene rings is 2. The molecule has 6 nitrogen and oxygen atoms in total. The maximum Gasteiger partial charge on any atom is 0.265 e. The molecule has 22 heavy (non-hydrogen) atoms. The first-order chi connectivity index (χ1) is 10.7. The van der Waals surface area contributed by atoms with Gasteiger partial charge in [0.05, 0.1) is 19.0 Å². The Hall–Kier alpha value is -3.02. The number of carbonyl (C=O) groups is 1. The number of nitrogens with zero attached hydrogens (tertiary/aromatic N) is 1. The molecule has 0 aliphatic carbocycles. The topological polar surface area (TPSA) is 80.2 Å². The number of amides is 1. The molecule has 1 amide bonds. The number of hydrogen-bond acceptors (Lipinski definition) is 5. The van der Waals surface area contributed by atoms with Crippen LogP contribution in [0.1, 0.15) is 5.56 Å². The number of para-hydroxylation sites is 3. The number of phenols is 1. The Kier molecular flexibility index (Phi) is 5.37. The summed E-state index contributed by atoms with van der Waals surface area (Å²) in [5.41, 5.74) is 1.07. The van der Waals surface area contributed by atoms with E-state index in [2.05, 4.69) is 10.5 Å². The van der Waals surface area contributed by atoms with Crippen molar-refractivity contribution in [3.05, 3.63) is 54.1 Å². The maximum atomic E-state index is 11.7. The Morgan fingerprint density at radius 1 is 1.23 bits per heavy atom. The molecule has 6 heteroatoms. The molecule has 0 spiro atoms. The van der Waals surface area contributed by atoms with Crippen LogP contribution in [0.25, 0.3) is 0 Å². The van der Waals surface area contributed by atoms with Crippen LogP contribution in [0.5, 0.6) is 11.5 Å². The van der Waals surface area contributed by atoms with E-state index < -0.39 is 0 Å². The number of methoxy groups -OCH3 is 1. The molecule has 0 saturated carbocycles. The number of rotatable bonds is 6. The molecule has 0 aliphatic heterocycles. The summed E-state index contributed by atoms with van der Waals surface area (Å²) in [5.74, 6) is 0.292. The number of nitrogens with one attached hydrogen (secondary N) is 1. The highest BCUT2D eigenvalue weighted by Crippen LogP contribution is 2.22. The third-order valence-electron chi connectivity index (χ3n) is 2.78. The highest BCUT2D eigenvalue weighted by atomic mass is 16.6. The molecule has 0 fully saturated rings. The van der Waals surface area contributed by atoms with Gasteiger partial charge in [0.15, 0.2) is 6.61 Å². The number of phenolic OH excluding ortho intramolecular Hbond substituents is 1. The van der Waals surface area contributed by atoms with Crippen LogP contribution in [0.15, 0.2) is 53.7 Å². The Bertz CT molecular complexity index is 671. The average molecular weight is 300 g/mol. The molecule has 0 saturated heterocycles. The van der Waals surface area contributed by atoms with Crippen LogP contribution in [0.2, 0.25) is 0 Å². The molecular formula is C16H16N2O4. The van der Waals surface area contributed by atoms with Crippen LogP contribution in [-0.2, 0) is 9.63 Å². The van der Waals surface area contributed by atoms with E-state index in [0.29, 0.717) is 17.0 Å². The third kappa shape index (κ3) is 4.24. The zero-order valence-electron chi connectivity index (χ0n) is 12.0. The highest BCUT2D eigenvalue weighted by Gasteiger charge is 2.06. The molecule has 0 heterocycles. The second-order valence-corrected chi connectivity index (χ2v) is 4.32. The van der Waals surface area contributed by atoms with E-state index in [1.807, 2.05) is 6.07 Å². The van der Waals surface area contributed by atoms with Gasteiger partial charge in [-0.2, -0.15) is 0 Å². The number of carbonyl (C=O) groups excluding carboxylic acids is 1. The molecule has 114 valence electrons. The van der Waals surface area contributed by atoms with Crippen molar-refractivity contribution in [3.8, 4) is 11.5 Å². The molecule has 2 rings (SSSR count). The molecule has 0 bridgehead atoms. The molecule has 2 aromatic rings. The summed E-state index contributed by atoms with van der Waals surface area (Å²) in [6.07, 6.45) is 1.34. The van der Waals surface area contributed by atoms with Crippen molar-refractivity contribution < 1.29 is 19.5 Å². The van der Waals surface area contributed by atoms with Gasteiger partial charge in [0.2, 0.25) is 0 Å². The quantitative estimate of drug-likeness (QED) is 0.634. The highest BCUT2D eigenvalue weighted by molar-refractivity contribution is 5.93. The van der Waals surface area contributed by atoms with Gasteiger partial charge in [-0.25, -0.2) is 0 Å². The van der Waals surface area contributed by atoms with Gasteiger partial charge in [-0.1, -0.05) is 29.4 Å². The average Bonchev–Trinajstić information content (AvgIpc) is 2.53. The van der Waals surface area contributed by atoms with E-state index in [4.69, 9.17) is 9.57 Å². The fourth-order valence-electron chi connectivity index (χ4n) is 1.72. The molecule has 0 aliphatic rings. The Balaban J connectivity index is 1.84. The molecule has 0 atom stereocenters. The van der Waals surface area contributed by atoms with Crippen molar-refractivity contribution in [3.63, 3.8) is 0 Å². The van der Waals surface area contributed by atoms with E-state index >= 15 is 0 Å². The van der Waals surface area contributed by atoms with Crippen LogP contribution < -0.4 is 10.1 Å². The second kappa shape index (κ2) is 7.68. The van der Waals surface area contributed by atoms with E-state index in [1.54, 1.807) is 36.4 Å². The zero-order valence-corrected chi connectivity index (χ0v) is 12.0. The zero-order chi connectivity index (χ0) is 15.8. The van der Waals surface area contributed by atoms with Gasteiger partial charge in [0.1, 0.15) is 11.5 Å². The minimum Gasteiger partial charge on any atom is -0.507 e. The lowest BCUT2D eigenvalue weighted by atomic mass is 10.2. The van der Waals surface area contributed by atoms with Gasteiger partial charge < -0.3 is 20.0 Å². The Labute approximate surface area is 128 Å². The smallest absolute Gasteiger partial charge is 0.265 e. The minimum atomic E-state index is -0.362. The first-order valence-corrected chi connectivity index (χ1v) is 6.57. The summed E-state index contributed by atoms with van der Waals surface area (Å²) >= 11 is 0. The first kappa shape index (κ1) is 15.4.